The topological polar surface area (TPSA) is 30.2 Å². The Kier molecular flexibility index (Phi) is 1.20. The van der Waals surface area contributed by atoms with Crippen molar-refractivity contribution in [1.82, 2.24) is 14.6 Å². The van der Waals surface area contributed by atoms with Crippen LogP contribution in [0.2, 0.25) is 0 Å². The Labute approximate surface area is 65.8 Å². The lowest BCUT2D eigenvalue weighted by atomic mass is 10.6. The number of hydrogen-bond acceptors (Lipinski definition) is 2. The smallest absolute Gasteiger partial charge is 0.163 e. The van der Waals surface area contributed by atoms with Gasteiger partial charge in [0.05, 0.1) is 16.7 Å². The normalized spacial score (nSPS) is 10.5. The minimum atomic E-state index is 0.739. The van der Waals surface area contributed by atoms with Crippen LogP contribution in [0.25, 0.3) is 5.65 Å². The number of rotatable bonds is 0. The van der Waals surface area contributed by atoms with Gasteiger partial charge in [-0.25, -0.2) is 9.50 Å². The molecule has 0 unspecified atom stereocenters. The van der Waals surface area contributed by atoms with E-state index in [2.05, 4.69) is 32.1 Å². The number of hydrogen-bond donors (Lipinski definition) is 0. The fourth-order valence-electron chi connectivity index (χ4n) is 0.733. The Morgan fingerprint density at radius 2 is 2.50 bits per heavy atom. The quantitative estimate of drug-likeness (QED) is 0.636. The second-order valence-corrected chi connectivity index (χ2v) is 2.74. The molecule has 0 N–H and O–H groups in total. The van der Waals surface area contributed by atoms with Gasteiger partial charge < -0.3 is 0 Å². The first-order valence-electron chi connectivity index (χ1n) is 2.73. The van der Waals surface area contributed by atoms with Crippen molar-refractivity contribution in [3.8, 4) is 0 Å². The van der Waals surface area contributed by atoms with Gasteiger partial charge in [0.25, 0.3) is 0 Å². The molecule has 2 aromatic rings. The van der Waals surface area contributed by atoms with Crippen LogP contribution in [0.15, 0.2) is 23.1 Å². The minimum absolute atomic E-state index is 0.739. The zero-order chi connectivity index (χ0) is 6.97. The fourth-order valence-corrected chi connectivity index (χ4v) is 1.03. The fraction of sp³-hybridized carbons (Fsp3) is 0. The highest BCUT2D eigenvalue weighted by Crippen LogP contribution is 2.06. The van der Waals surface area contributed by atoms with E-state index < -0.39 is 0 Å². The summed E-state index contributed by atoms with van der Waals surface area (Å²) in [6.45, 7) is 0. The maximum atomic E-state index is 4.04. The monoisotopic (exact) mass is 196 g/mol. The number of halogens is 1. The molecule has 1 radical (unpaired) electrons. The molecule has 0 amide bonds. The summed E-state index contributed by atoms with van der Waals surface area (Å²) in [4.78, 5) is 4.04. The van der Waals surface area contributed by atoms with E-state index in [4.69, 9.17) is 0 Å². The Hall–Kier alpha value is -0.900. The molecule has 0 bridgehead atoms. The highest BCUT2D eigenvalue weighted by molar-refractivity contribution is 9.10. The Morgan fingerprint density at radius 1 is 1.60 bits per heavy atom. The van der Waals surface area contributed by atoms with Crippen LogP contribution in [0.5, 0.6) is 0 Å². The van der Waals surface area contributed by atoms with Crippen molar-refractivity contribution in [1.29, 1.82) is 0 Å². The second-order valence-electron chi connectivity index (χ2n) is 1.83. The number of nitrogens with zero attached hydrogens (tertiary/aromatic N) is 3. The van der Waals surface area contributed by atoms with Gasteiger partial charge in [-0.2, -0.15) is 5.10 Å². The van der Waals surface area contributed by atoms with Crippen LogP contribution >= 0.6 is 15.9 Å². The van der Waals surface area contributed by atoms with Crippen molar-refractivity contribution in [3.05, 3.63) is 29.1 Å². The average molecular weight is 197 g/mol. The lowest BCUT2D eigenvalue weighted by Crippen LogP contribution is -1.87. The van der Waals surface area contributed by atoms with Gasteiger partial charge >= 0.3 is 0 Å². The second kappa shape index (κ2) is 2.05. The van der Waals surface area contributed by atoms with E-state index in [1.165, 1.54) is 0 Å². The first-order chi connectivity index (χ1) is 4.86. The molecule has 0 aliphatic carbocycles. The summed E-state index contributed by atoms with van der Waals surface area (Å²) in [7, 11) is 0. The molecule has 0 saturated heterocycles. The van der Waals surface area contributed by atoms with E-state index in [9.17, 15) is 0 Å². The van der Waals surface area contributed by atoms with Crippen LogP contribution in [-0.2, 0) is 0 Å². The van der Waals surface area contributed by atoms with Crippen LogP contribution in [-0.4, -0.2) is 14.6 Å². The van der Waals surface area contributed by atoms with E-state index in [0.717, 1.165) is 10.1 Å². The van der Waals surface area contributed by atoms with Crippen molar-refractivity contribution in [2.75, 3.05) is 0 Å². The predicted octanol–water partition coefficient (Wildman–Crippen LogP) is 1.29. The van der Waals surface area contributed by atoms with Crippen molar-refractivity contribution < 1.29 is 0 Å². The van der Waals surface area contributed by atoms with Crippen molar-refractivity contribution in [2.24, 2.45) is 0 Å². The van der Waals surface area contributed by atoms with Crippen molar-refractivity contribution in [3.63, 3.8) is 0 Å². The molecule has 2 aromatic heterocycles. The van der Waals surface area contributed by atoms with Gasteiger partial charge in [0, 0.05) is 12.4 Å². The van der Waals surface area contributed by atoms with E-state index in [-0.39, 0.29) is 0 Å². The largest absolute Gasteiger partial charge is 0.235 e. The summed E-state index contributed by atoms with van der Waals surface area (Å²) in [5.41, 5.74) is 0.739. The Morgan fingerprint density at radius 3 is 3.40 bits per heavy atom. The summed E-state index contributed by atoms with van der Waals surface area (Å²) in [6.07, 6.45) is 5.14. The van der Waals surface area contributed by atoms with Crippen LogP contribution in [0.4, 0.5) is 0 Å². The van der Waals surface area contributed by atoms with Gasteiger partial charge in [0.15, 0.2) is 5.65 Å². The van der Waals surface area contributed by atoms with Crippen LogP contribution in [0, 0.1) is 6.07 Å². The molecular weight excluding hydrogens is 194 g/mol. The highest BCUT2D eigenvalue weighted by Gasteiger charge is 1.93. The molecule has 0 spiro atoms. The molecule has 49 valence electrons. The summed E-state index contributed by atoms with van der Waals surface area (Å²) in [6, 6.07) is 2.87. The molecule has 0 saturated carbocycles. The molecule has 0 fully saturated rings. The third-order valence-corrected chi connectivity index (χ3v) is 1.56. The number of aromatic nitrogens is 3. The third-order valence-electron chi connectivity index (χ3n) is 1.15. The zero-order valence-electron chi connectivity index (χ0n) is 4.95. The first kappa shape index (κ1) is 5.85. The summed E-state index contributed by atoms with van der Waals surface area (Å²) < 4.78 is 2.57. The summed E-state index contributed by atoms with van der Waals surface area (Å²) >= 11 is 3.28. The molecule has 4 heteroatoms. The van der Waals surface area contributed by atoms with Crippen molar-refractivity contribution in [2.45, 2.75) is 0 Å². The minimum Gasteiger partial charge on any atom is -0.235 e. The molecule has 3 nitrogen and oxygen atoms in total. The SMILES string of the molecule is Brc1cnc2[c]cnn2c1. The summed E-state index contributed by atoms with van der Waals surface area (Å²) in [5.74, 6) is 0. The molecule has 2 rings (SSSR count). The van der Waals surface area contributed by atoms with Gasteiger partial charge in [-0.05, 0) is 15.9 Å². The molecule has 10 heavy (non-hydrogen) atoms. The lowest BCUT2D eigenvalue weighted by Gasteiger charge is -1.90. The zero-order valence-corrected chi connectivity index (χ0v) is 6.54. The van der Waals surface area contributed by atoms with E-state index in [1.807, 2.05) is 6.20 Å². The van der Waals surface area contributed by atoms with Crippen molar-refractivity contribution >= 4 is 21.6 Å². The van der Waals surface area contributed by atoms with Gasteiger partial charge in [0.1, 0.15) is 0 Å². The molecule has 0 aromatic carbocycles. The van der Waals surface area contributed by atoms with Gasteiger partial charge in [-0.3, -0.25) is 0 Å². The van der Waals surface area contributed by atoms with E-state index >= 15 is 0 Å². The van der Waals surface area contributed by atoms with Gasteiger partial charge in [0.2, 0.25) is 0 Å². The van der Waals surface area contributed by atoms with Crippen LogP contribution < -0.4 is 0 Å². The van der Waals surface area contributed by atoms with Gasteiger partial charge in [-0.15, -0.1) is 0 Å². The molecule has 0 atom stereocenters. The molecule has 0 aliphatic heterocycles. The Balaban J connectivity index is 2.86. The maximum absolute atomic E-state index is 4.04. The molecular formula is C6H3BrN3. The Bertz CT molecular complexity index is 355. The van der Waals surface area contributed by atoms with E-state index in [0.29, 0.717) is 0 Å². The number of fused-ring (bicyclic) bond motifs is 1. The average Bonchev–Trinajstić information content (AvgIpc) is 2.33. The summed E-state index contributed by atoms with van der Waals surface area (Å²) in [5, 5.41) is 3.95. The standard InChI is InChI=1S/C6H3BrN3/c7-5-3-8-6-1-2-9-10(6)4-5/h2-4H. The third kappa shape index (κ3) is 0.806. The predicted molar refractivity (Wildman–Crippen MR) is 39.5 cm³/mol. The van der Waals surface area contributed by atoms with Gasteiger partial charge in [-0.1, -0.05) is 0 Å². The highest BCUT2D eigenvalue weighted by atomic mass is 79.9. The molecule has 2 heterocycles. The lowest BCUT2D eigenvalue weighted by molar-refractivity contribution is 0.933. The van der Waals surface area contributed by atoms with Crippen LogP contribution in [0.1, 0.15) is 0 Å². The molecule has 0 aliphatic rings. The van der Waals surface area contributed by atoms with E-state index in [1.54, 1.807) is 16.9 Å². The maximum Gasteiger partial charge on any atom is 0.163 e. The van der Waals surface area contributed by atoms with Crippen LogP contribution in [0.3, 0.4) is 0 Å². The first-order valence-corrected chi connectivity index (χ1v) is 3.52.